The Hall–Kier alpha value is -3.59. The lowest BCUT2D eigenvalue weighted by Crippen LogP contribution is -2.21. The van der Waals surface area contributed by atoms with Gasteiger partial charge in [0, 0.05) is 26.2 Å². The summed E-state index contributed by atoms with van der Waals surface area (Å²) < 4.78 is 23.8. The van der Waals surface area contributed by atoms with E-state index in [0.29, 0.717) is 28.0 Å². The van der Waals surface area contributed by atoms with Crippen molar-refractivity contribution in [2.24, 2.45) is 0 Å². The molecule has 2 aromatic heterocycles. The Kier molecular flexibility index (Phi) is 14.4. The molecule has 0 saturated carbocycles. The number of methoxy groups -OCH3 is 2. The van der Waals surface area contributed by atoms with Crippen molar-refractivity contribution in [2.75, 3.05) is 41.7 Å². The van der Waals surface area contributed by atoms with Crippen LogP contribution in [0.25, 0.3) is 5.69 Å². The van der Waals surface area contributed by atoms with Crippen molar-refractivity contribution >= 4 is 75.1 Å². The molecule has 46 heavy (non-hydrogen) atoms. The number of ether oxygens (including phenoxy) is 3. The minimum atomic E-state index is -0.540. The van der Waals surface area contributed by atoms with E-state index >= 15 is 0 Å². The van der Waals surface area contributed by atoms with E-state index in [0.717, 1.165) is 16.9 Å². The molecule has 0 radical (unpaired) electrons. The molecule has 3 N–H and O–H groups in total. The van der Waals surface area contributed by atoms with Crippen LogP contribution in [0.3, 0.4) is 0 Å². The first-order chi connectivity index (χ1) is 21.9. The molecule has 0 spiro atoms. The molecule has 0 aliphatic heterocycles. The van der Waals surface area contributed by atoms with Crippen molar-refractivity contribution in [3.05, 3.63) is 82.1 Å². The van der Waals surface area contributed by atoms with Gasteiger partial charge in [-0.25, -0.2) is 14.5 Å². The van der Waals surface area contributed by atoms with Crippen molar-refractivity contribution in [1.29, 1.82) is 0 Å². The summed E-state index contributed by atoms with van der Waals surface area (Å²) in [6.45, 7) is 6.16. The van der Waals surface area contributed by atoms with Gasteiger partial charge in [0.15, 0.2) is 0 Å². The maximum Gasteiger partial charge on any atom is 0.324 e. The Morgan fingerprint density at radius 2 is 1.70 bits per heavy atom. The normalized spacial score (nSPS) is 10.8. The number of aromatic nitrogens is 3. The van der Waals surface area contributed by atoms with E-state index in [2.05, 4.69) is 20.9 Å². The topological polar surface area (TPSA) is 129 Å². The molecular weight excluding hydrogens is 746 g/mol. The first kappa shape index (κ1) is 36.9. The number of halogens is 3. The summed E-state index contributed by atoms with van der Waals surface area (Å²) in [7, 11) is 3.03. The molecule has 0 aliphatic rings. The fraction of sp³-hybridized carbons (Fsp3) is 0.312. The van der Waals surface area contributed by atoms with Gasteiger partial charge in [-0.05, 0) is 59.0 Å². The van der Waals surface area contributed by atoms with Gasteiger partial charge in [0.1, 0.15) is 41.4 Å². The molecule has 0 aliphatic carbocycles. The molecule has 2 aromatic carbocycles. The van der Waals surface area contributed by atoms with Crippen LogP contribution in [0, 0.1) is 0 Å². The van der Waals surface area contributed by atoms with Crippen LogP contribution in [0.5, 0.6) is 11.5 Å². The van der Waals surface area contributed by atoms with Gasteiger partial charge in [-0.3, -0.25) is 10.1 Å². The Balaban J connectivity index is 0.00000185. The zero-order chi connectivity index (χ0) is 33.9. The summed E-state index contributed by atoms with van der Waals surface area (Å²) in [5, 5.41) is 13.2. The zero-order valence-corrected chi connectivity index (χ0v) is 29.1. The molecule has 14 heteroatoms. The zero-order valence-electron chi connectivity index (χ0n) is 26.4. The second-order valence-electron chi connectivity index (χ2n) is 10.4. The molecule has 4 rings (SSSR count). The van der Waals surface area contributed by atoms with E-state index in [-0.39, 0.29) is 47.7 Å². The summed E-state index contributed by atoms with van der Waals surface area (Å²) in [4.78, 5) is 29.4. The average Bonchev–Trinajstić information content (AvgIpc) is 3.44. The summed E-state index contributed by atoms with van der Waals surface area (Å²) in [5.41, 5.74) is 2.30. The van der Waals surface area contributed by atoms with Crippen LogP contribution in [0.2, 0.25) is 10.0 Å². The number of benzene rings is 2. The summed E-state index contributed by atoms with van der Waals surface area (Å²) in [6.07, 6.45) is 1.55. The van der Waals surface area contributed by atoms with Crippen LogP contribution in [-0.4, -0.2) is 52.4 Å². The molecule has 4 aromatic rings. The molecule has 0 atom stereocenters. The molecule has 248 valence electrons. The van der Waals surface area contributed by atoms with Gasteiger partial charge in [0.2, 0.25) is 0 Å². The fourth-order valence-corrected chi connectivity index (χ4v) is 4.29. The van der Waals surface area contributed by atoms with Gasteiger partial charge in [-0.2, -0.15) is 5.10 Å². The lowest BCUT2D eigenvalue weighted by molar-refractivity contribution is -0.119. The number of urea groups is 1. The van der Waals surface area contributed by atoms with E-state index in [1.165, 1.54) is 7.11 Å². The van der Waals surface area contributed by atoms with Crippen LogP contribution < -0.4 is 25.4 Å². The Bertz CT molecular complexity index is 1630. The number of pyridine rings is 1. The minimum Gasteiger partial charge on any atom is -0.497 e. The van der Waals surface area contributed by atoms with Crippen molar-refractivity contribution in [3.63, 3.8) is 0 Å². The SMILES string of the molecule is C.COCC(=O)Nc1cc(COc2ccc(NC(=O)Nc3cc(C(C)(C)C)nn3-c3ccc(OC)cc3)c(Cl)c2Cl)ccn1.[2H]CI. The quantitative estimate of drug-likeness (QED) is 0.109. The third-order valence-electron chi connectivity index (χ3n) is 6.09. The number of hydrogen-bond acceptors (Lipinski definition) is 7. The van der Waals surface area contributed by atoms with E-state index in [4.69, 9.17) is 43.9 Å². The predicted octanol–water partition coefficient (Wildman–Crippen LogP) is 8.38. The molecule has 0 fully saturated rings. The van der Waals surface area contributed by atoms with Crippen LogP contribution in [0.15, 0.2) is 60.8 Å². The molecule has 0 unspecified atom stereocenters. The molecule has 2 heterocycles. The first-order valence-electron chi connectivity index (χ1n) is 14.1. The van der Waals surface area contributed by atoms with Crippen LogP contribution in [-0.2, 0) is 21.6 Å². The first-order valence-corrected chi connectivity index (χ1v) is 15.7. The standard InChI is InChI=1S/C30H32Cl2N6O5.CH3I.CH4/c1-30(2,3)23-15-25(38(37-23)19-6-8-20(42-5)9-7-19)36-29(40)34-21-10-11-22(28(32)27(21)31)43-16-18-12-13-33-24(14-18)35-26(39)17-41-4;1-2;/h6-15H,16-17H2,1-5H3,(H,33,35,39)(H2,34,36,40);1H3;1H4/i;1D;. The molecule has 0 bridgehead atoms. The van der Waals surface area contributed by atoms with Gasteiger partial charge < -0.3 is 24.8 Å². The number of nitrogens with one attached hydrogen (secondary N) is 3. The van der Waals surface area contributed by atoms with Crippen LogP contribution in [0.4, 0.5) is 22.1 Å². The minimum absolute atomic E-state index is 0. The van der Waals surface area contributed by atoms with Crippen LogP contribution in [0.1, 0.15) is 40.8 Å². The monoisotopic (exact) mass is 785 g/mol. The number of nitrogens with zero attached hydrogens (tertiary/aromatic N) is 3. The van der Waals surface area contributed by atoms with Gasteiger partial charge >= 0.3 is 6.03 Å². The Morgan fingerprint density at radius 1 is 1.00 bits per heavy atom. The third kappa shape index (κ3) is 10.5. The number of carbonyl (C=O) groups is 2. The number of alkyl halides is 1. The summed E-state index contributed by atoms with van der Waals surface area (Å²) >= 11 is 15.0. The van der Waals surface area contributed by atoms with Gasteiger partial charge in [0.25, 0.3) is 5.91 Å². The molecule has 3 amide bonds. The number of rotatable bonds is 10. The smallest absolute Gasteiger partial charge is 0.324 e. The second-order valence-corrected chi connectivity index (χ2v) is 11.2. The lowest BCUT2D eigenvalue weighted by Gasteiger charge is -2.14. The molecule has 0 saturated heterocycles. The maximum atomic E-state index is 13.1. The Morgan fingerprint density at radius 3 is 2.33 bits per heavy atom. The number of amides is 3. The predicted molar refractivity (Wildman–Crippen MR) is 194 cm³/mol. The third-order valence-corrected chi connectivity index (χ3v) is 6.96. The molecule has 11 nitrogen and oxygen atoms in total. The molecular formula is C32H39Cl2IN6O5. The maximum absolute atomic E-state index is 13.1. The van der Waals surface area contributed by atoms with Crippen molar-refractivity contribution in [2.45, 2.75) is 40.2 Å². The van der Waals surface area contributed by atoms with Gasteiger partial charge in [-0.15, -0.1) is 0 Å². The lowest BCUT2D eigenvalue weighted by atomic mass is 9.92. The summed E-state index contributed by atoms with van der Waals surface area (Å²) in [6, 6.07) is 15.2. The van der Waals surface area contributed by atoms with Crippen LogP contribution >= 0.6 is 45.8 Å². The van der Waals surface area contributed by atoms with Crippen molar-refractivity contribution in [1.82, 2.24) is 14.8 Å². The van der Waals surface area contributed by atoms with E-state index < -0.39 is 6.03 Å². The highest BCUT2D eigenvalue weighted by Crippen LogP contribution is 2.38. The van der Waals surface area contributed by atoms with E-state index in [1.54, 1.807) is 42.3 Å². The average molecular weight is 787 g/mol. The largest absolute Gasteiger partial charge is 0.497 e. The highest BCUT2D eigenvalue weighted by atomic mass is 127. The van der Waals surface area contributed by atoms with E-state index in [9.17, 15) is 9.59 Å². The van der Waals surface area contributed by atoms with Gasteiger partial charge in [-0.1, -0.05) is 74.0 Å². The van der Waals surface area contributed by atoms with Crippen molar-refractivity contribution in [3.8, 4) is 17.2 Å². The number of carbonyl (C=O) groups excluding carboxylic acids is 2. The summed E-state index contributed by atoms with van der Waals surface area (Å²) in [5.74, 6) is 1.52. The van der Waals surface area contributed by atoms with Crippen molar-refractivity contribution < 1.29 is 25.2 Å². The van der Waals surface area contributed by atoms with Gasteiger partial charge in [0.05, 0.1) is 29.2 Å². The number of anilines is 3. The number of hydrogen-bond donors (Lipinski definition) is 3. The Labute approximate surface area is 294 Å². The van der Waals surface area contributed by atoms with E-state index in [1.807, 2.05) is 73.7 Å². The highest BCUT2D eigenvalue weighted by Gasteiger charge is 2.22. The fourth-order valence-electron chi connectivity index (χ4n) is 3.87. The highest BCUT2D eigenvalue weighted by molar-refractivity contribution is 14.1. The second kappa shape index (κ2) is 17.9.